The van der Waals surface area contributed by atoms with Gasteiger partial charge in [0.1, 0.15) is 0 Å². The number of piperazine rings is 1. The normalized spacial score (nSPS) is 19.1. The Morgan fingerprint density at radius 2 is 1.96 bits per heavy atom. The minimum atomic E-state index is -0.191. The van der Waals surface area contributed by atoms with Gasteiger partial charge >= 0.3 is 5.69 Å². The second kappa shape index (κ2) is 8.28. The summed E-state index contributed by atoms with van der Waals surface area (Å²) in [7, 11) is 2.18. The number of likely N-dealkylation sites (N-methyl/N-ethyl adjacent to an activating group) is 1. The van der Waals surface area contributed by atoms with Crippen molar-refractivity contribution in [2.24, 2.45) is 10.2 Å². The molecule has 0 amide bonds. The molecule has 4 rings (SSSR count). The van der Waals surface area contributed by atoms with E-state index in [9.17, 15) is 4.79 Å². The molecule has 0 saturated carbocycles. The SMILES string of the molecule is CN1CCN(CCCNC2=NN=C(c3ccc4[nH]c(=O)[nH]c4c3)CS2)CC1. The molecule has 0 unspecified atom stereocenters. The lowest BCUT2D eigenvalue weighted by molar-refractivity contribution is 0.153. The summed E-state index contributed by atoms with van der Waals surface area (Å²) < 4.78 is 0. The quantitative estimate of drug-likeness (QED) is 0.663. The van der Waals surface area contributed by atoms with Crippen molar-refractivity contribution >= 4 is 33.7 Å². The van der Waals surface area contributed by atoms with Crippen LogP contribution in [0.2, 0.25) is 0 Å². The lowest BCUT2D eigenvalue weighted by Gasteiger charge is -2.32. The monoisotopic (exact) mass is 387 g/mol. The van der Waals surface area contributed by atoms with Crippen molar-refractivity contribution in [2.45, 2.75) is 6.42 Å². The van der Waals surface area contributed by atoms with Crippen LogP contribution in [-0.2, 0) is 0 Å². The van der Waals surface area contributed by atoms with Gasteiger partial charge in [-0.05, 0) is 32.1 Å². The molecular weight excluding hydrogens is 362 g/mol. The van der Waals surface area contributed by atoms with Crippen LogP contribution in [0.3, 0.4) is 0 Å². The summed E-state index contributed by atoms with van der Waals surface area (Å²) in [6.07, 6.45) is 1.11. The maximum atomic E-state index is 11.4. The number of fused-ring (bicyclic) bond motifs is 1. The van der Waals surface area contributed by atoms with Crippen molar-refractivity contribution in [3.05, 3.63) is 34.2 Å². The van der Waals surface area contributed by atoms with E-state index in [0.29, 0.717) is 0 Å². The first-order valence-corrected chi connectivity index (χ1v) is 10.3. The maximum absolute atomic E-state index is 11.4. The molecule has 0 aliphatic carbocycles. The van der Waals surface area contributed by atoms with E-state index in [1.807, 2.05) is 18.2 Å². The van der Waals surface area contributed by atoms with E-state index in [2.05, 4.69) is 42.3 Å². The molecule has 3 N–H and O–H groups in total. The van der Waals surface area contributed by atoms with Gasteiger partial charge in [0.25, 0.3) is 0 Å². The van der Waals surface area contributed by atoms with Gasteiger partial charge in [0.05, 0.1) is 16.7 Å². The smallest absolute Gasteiger partial charge is 0.323 e. The van der Waals surface area contributed by atoms with E-state index >= 15 is 0 Å². The summed E-state index contributed by atoms with van der Waals surface area (Å²) >= 11 is 1.67. The van der Waals surface area contributed by atoms with Crippen molar-refractivity contribution in [1.29, 1.82) is 0 Å². The van der Waals surface area contributed by atoms with Crippen LogP contribution in [0.4, 0.5) is 0 Å². The predicted molar refractivity (Wildman–Crippen MR) is 112 cm³/mol. The van der Waals surface area contributed by atoms with Gasteiger partial charge in [-0.15, -0.1) is 5.10 Å². The fourth-order valence-electron chi connectivity index (χ4n) is 3.31. The number of aromatic nitrogens is 2. The summed E-state index contributed by atoms with van der Waals surface area (Å²) in [5, 5.41) is 13.0. The molecule has 27 heavy (non-hydrogen) atoms. The number of nitrogens with one attached hydrogen (secondary N) is 3. The molecule has 9 heteroatoms. The minimum absolute atomic E-state index is 0.191. The zero-order chi connectivity index (χ0) is 18.6. The van der Waals surface area contributed by atoms with Gasteiger partial charge in [-0.3, -0.25) is 0 Å². The molecule has 1 aromatic heterocycles. The van der Waals surface area contributed by atoms with Crippen LogP contribution < -0.4 is 11.0 Å². The number of hydrogen-bond acceptors (Lipinski definition) is 7. The molecule has 3 heterocycles. The van der Waals surface area contributed by atoms with Crippen molar-refractivity contribution in [3.8, 4) is 0 Å². The number of thioether (sulfide) groups is 1. The van der Waals surface area contributed by atoms with E-state index in [-0.39, 0.29) is 5.69 Å². The van der Waals surface area contributed by atoms with Crippen molar-refractivity contribution < 1.29 is 0 Å². The number of benzene rings is 1. The molecule has 2 aromatic rings. The van der Waals surface area contributed by atoms with Crippen molar-refractivity contribution in [3.63, 3.8) is 0 Å². The third-order valence-electron chi connectivity index (χ3n) is 4.98. The first-order valence-electron chi connectivity index (χ1n) is 9.32. The molecule has 0 atom stereocenters. The molecule has 1 saturated heterocycles. The number of amidine groups is 1. The largest absolute Gasteiger partial charge is 0.363 e. The second-order valence-electron chi connectivity index (χ2n) is 7.01. The Morgan fingerprint density at radius 3 is 2.74 bits per heavy atom. The molecule has 144 valence electrons. The van der Waals surface area contributed by atoms with Crippen LogP contribution in [0.1, 0.15) is 12.0 Å². The van der Waals surface area contributed by atoms with Crippen LogP contribution in [-0.4, -0.2) is 82.7 Å². The Kier molecular flexibility index (Phi) is 5.61. The second-order valence-corrected chi connectivity index (χ2v) is 7.97. The highest BCUT2D eigenvalue weighted by atomic mass is 32.2. The average molecular weight is 388 g/mol. The summed E-state index contributed by atoms with van der Waals surface area (Å²) in [6.45, 7) is 6.70. The molecule has 0 spiro atoms. The fourth-order valence-corrected chi connectivity index (χ4v) is 4.11. The highest BCUT2D eigenvalue weighted by Gasteiger charge is 2.15. The molecule has 0 radical (unpaired) electrons. The number of H-pyrrole nitrogens is 2. The van der Waals surface area contributed by atoms with Gasteiger partial charge in [-0.1, -0.05) is 17.8 Å². The minimum Gasteiger partial charge on any atom is -0.363 e. The topological polar surface area (TPSA) is 91.9 Å². The Hall–Kier alpha value is -2.10. The summed E-state index contributed by atoms with van der Waals surface area (Å²) in [6, 6.07) is 5.80. The Labute approximate surface area is 162 Å². The highest BCUT2D eigenvalue weighted by molar-refractivity contribution is 8.14. The standard InChI is InChI=1S/C18H25N7OS/c1-24-7-9-25(10-8-24)6-2-5-19-18-23-22-16(12-27-18)13-3-4-14-15(11-13)21-17(26)20-14/h3-4,11H,2,5-10,12H2,1H3,(H,19,23)(H2,20,21,26). The number of hydrogen-bond donors (Lipinski definition) is 3. The number of aromatic amines is 2. The average Bonchev–Trinajstić information content (AvgIpc) is 3.06. The first kappa shape index (κ1) is 18.3. The number of imidazole rings is 1. The van der Waals surface area contributed by atoms with E-state index < -0.39 is 0 Å². The molecule has 8 nitrogen and oxygen atoms in total. The van der Waals surface area contributed by atoms with Gasteiger partial charge in [0.15, 0.2) is 5.17 Å². The summed E-state index contributed by atoms with van der Waals surface area (Å²) in [5.74, 6) is 0.768. The van der Waals surface area contributed by atoms with Crippen molar-refractivity contribution in [1.82, 2.24) is 25.1 Å². The first-order chi connectivity index (χ1) is 13.2. The summed E-state index contributed by atoms with van der Waals surface area (Å²) in [5.41, 5.74) is 3.32. The van der Waals surface area contributed by atoms with E-state index in [0.717, 1.165) is 78.9 Å². The van der Waals surface area contributed by atoms with Crippen LogP contribution in [0.25, 0.3) is 11.0 Å². The van der Waals surface area contributed by atoms with Gasteiger partial charge in [-0.2, -0.15) is 5.10 Å². The predicted octanol–water partition coefficient (Wildman–Crippen LogP) is 0.890. The van der Waals surface area contributed by atoms with Gasteiger partial charge in [0.2, 0.25) is 0 Å². The maximum Gasteiger partial charge on any atom is 0.323 e. The van der Waals surface area contributed by atoms with Gasteiger partial charge < -0.3 is 25.1 Å². The molecule has 1 aromatic carbocycles. The molecule has 2 aliphatic heterocycles. The Bertz CT molecular complexity index is 908. The van der Waals surface area contributed by atoms with Gasteiger partial charge in [-0.25, -0.2) is 4.79 Å². The molecule has 1 fully saturated rings. The number of rotatable bonds is 5. The highest BCUT2D eigenvalue weighted by Crippen LogP contribution is 2.17. The molecule has 2 aliphatic rings. The third-order valence-corrected chi connectivity index (χ3v) is 5.90. The third kappa shape index (κ3) is 4.60. The van der Waals surface area contributed by atoms with Crippen LogP contribution in [0.15, 0.2) is 33.2 Å². The molecule has 0 bridgehead atoms. The number of nitrogens with zero attached hydrogens (tertiary/aromatic N) is 4. The van der Waals surface area contributed by atoms with Crippen LogP contribution in [0.5, 0.6) is 0 Å². The lowest BCUT2D eigenvalue weighted by atomic mass is 10.1. The Morgan fingerprint density at radius 1 is 1.15 bits per heavy atom. The van der Waals surface area contributed by atoms with E-state index in [1.165, 1.54) is 0 Å². The fraction of sp³-hybridized carbons (Fsp3) is 0.500. The van der Waals surface area contributed by atoms with E-state index in [1.54, 1.807) is 11.8 Å². The Balaban J connectivity index is 1.28. The molecular formula is C18H25N7OS. The van der Waals surface area contributed by atoms with Crippen molar-refractivity contribution in [2.75, 3.05) is 52.1 Å². The van der Waals surface area contributed by atoms with Crippen LogP contribution >= 0.6 is 11.8 Å². The summed E-state index contributed by atoms with van der Waals surface area (Å²) in [4.78, 5) is 21.8. The lowest BCUT2D eigenvalue weighted by Crippen LogP contribution is -2.45. The van der Waals surface area contributed by atoms with E-state index in [4.69, 9.17) is 0 Å². The van der Waals surface area contributed by atoms with Gasteiger partial charge in [0, 0.05) is 44.0 Å². The van der Waals surface area contributed by atoms with Crippen LogP contribution in [0, 0.1) is 0 Å². The zero-order valence-corrected chi connectivity index (χ0v) is 16.3. The zero-order valence-electron chi connectivity index (χ0n) is 15.5.